The minimum Gasteiger partial charge on any atom is -0.492 e. The van der Waals surface area contributed by atoms with Crippen LogP contribution in [0.3, 0.4) is 0 Å². The molecule has 0 atom stereocenters. The Balaban J connectivity index is 2.47. The van der Waals surface area contributed by atoms with Gasteiger partial charge in [0.15, 0.2) is 0 Å². The van der Waals surface area contributed by atoms with E-state index in [0.29, 0.717) is 0 Å². The number of benzene rings is 1. The van der Waals surface area contributed by atoms with Crippen LogP contribution >= 0.6 is 22.6 Å². The van der Waals surface area contributed by atoms with E-state index in [-0.39, 0.29) is 0 Å². The monoisotopic (exact) mass is 334 g/mol. The van der Waals surface area contributed by atoms with Crippen molar-refractivity contribution in [1.82, 2.24) is 0 Å². The molecule has 0 aromatic heterocycles. The van der Waals surface area contributed by atoms with E-state index in [0.717, 1.165) is 31.8 Å². The highest BCUT2D eigenvalue weighted by Crippen LogP contribution is 2.26. The summed E-state index contributed by atoms with van der Waals surface area (Å²) in [5.74, 6) is 1.03. The van der Waals surface area contributed by atoms with E-state index in [1.54, 1.807) is 7.11 Å². The molecule has 1 aromatic rings. The Hall–Kier alpha value is -0.290. The molecule has 16 heavy (non-hydrogen) atoms. The first-order valence-electron chi connectivity index (χ1n) is 5.53. The van der Waals surface area contributed by atoms with Gasteiger partial charge >= 0.3 is 0 Å². The van der Waals surface area contributed by atoms with Crippen LogP contribution in [0.1, 0.15) is 24.0 Å². The number of unbranched alkanes of at least 4 members (excludes halogenated alkanes) is 1. The van der Waals surface area contributed by atoms with Crippen molar-refractivity contribution < 1.29 is 9.47 Å². The van der Waals surface area contributed by atoms with E-state index in [4.69, 9.17) is 9.47 Å². The molecule has 0 aliphatic carbocycles. The molecule has 0 N–H and O–H groups in total. The molecule has 0 aliphatic rings. The molecular weight excluding hydrogens is 315 g/mol. The maximum atomic E-state index is 5.81. The van der Waals surface area contributed by atoms with Crippen molar-refractivity contribution in [2.24, 2.45) is 0 Å². The number of rotatable bonds is 6. The van der Waals surface area contributed by atoms with Gasteiger partial charge in [-0.05, 0) is 66.5 Å². The first kappa shape index (κ1) is 13.8. The maximum absolute atomic E-state index is 5.81. The van der Waals surface area contributed by atoms with Gasteiger partial charge in [0.05, 0.1) is 10.2 Å². The summed E-state index contributed by atoms with van der Waals surface area (Å²) < 4.78 is 12.0. The van der Waals surface area contributed by atoms with Gasteiger partial charge in [0.25, 0.3) is 0 Å². The second-order valence-corrected chi connectivity index (χ2v) is 5.10. The van der Waals surface area contributed by atoms with E-state index >= 15 is 0 Å². The first-order valence-corrected chi connectivity index (χ1v) is 6.61. The molecule has 2 nitrogen and oxygen atoms in total. The fourth-order valence-corrected chi connectivity index (χ4v) is 2.68. The van der Waals surface area contributed by atoms with Gasteiger partial charge in [-0.15, -0.1) is 0 Å². The van der Waals surface area contributed by atoms with Crippen LogP contribution < -0.4 is 4.74 Å². The Kier molecular flexibility index (Phi) is 6.13. The summed E-state index contributed by atoms with van der Waals surface area (Å²) in [5.41, 5.74) is 2.50. The lowest BCUT2D eigenvalue weighted by atomic mass is 10.1. The van der Waals surface area contributed by atoms with E-state index < -0.39 is 0 Å². The number of ether oxygens (including phenoxy) is 2. The fraction of sp³-hybridized carbons (Fsp3) is 0.538. The SMILES string of the molecule is COCCCCOc1c(C)cc(C)cc1I. The van der Waals surface area contributed by atoms with Crippen LogP contribution in [0, 0.1) is 17.4 Å². The van der Waals surface area contributed by atoms with Crippen molar-refractivity contribution in [1.29, 1.82) is 0 Å². The van der Waals surface area contributed by atoms with Crippen molar-refractivity contribution in [3.63, 3.8) is 0 Å². The lowest BCUT2D eigenvalue weighted by Crippen LogP contribution is -2.02. The van der Waals surface area contributed by atoms with Gasteiger partial charge in [-0.2, -0.15) is 0 Å². The zero-order valence-corrected chi connectivity index (χ0v) is 12.3. The summed E-state index contributed by atoms with van der Waals surface area (Å²) in [4.78, 5) is 0. The quantitative estimate of drug-likeness (QED) is 0.583. The summed E-state index contributed by atoms with van der Waals surface area (Å²) in [5, 5.41) is 0. The van der Waals surface area contributed by atoms with E-state index in [2.05, 4.69) is 48.6 Å². The van der Waals surface area contributed by atoms with Crippen LogP contribution in [0.2, 0.25) is 0 Å². The lowest BCUT2D eigenvalue weighted by Gasteiger charge is -2.12. The minimum absolute atomic E-state index is 0.767. The predicted octanol–water partition coefficient (Wildman–Crippen LogP) is 3.71. The highest BCUT2D eigenvalue weighted by Gasteiger charge is 2.05. The van der Waals surface area contributed by atoms with E-state index in [9.17, 15) is 0 Å². The Bertz CT molecular complexity index is 314. The van der Waals surface area contributed by atoms with Gasteiger partial charge in [0.1, 0.15) is 5.75 Å². The highest BCUT2D eigenvalue weighted by atomic mass is 127. The van der Waals surface area contributed by atoms with Crippen LogP contribution in [-0.4, -0.2) is 20.3 Å². The van der Waals surface area contributed by atoms with Gasteiger partial charge < -0.3 is 9.47 Å². The van der Waals surface area contributed by atoms with Gasteiger partial charge in [0, 0.05) is 13.7 Å². The summed E-state index contributed by atoms with van der Waals surface area (Å²) in [6.45, 7) is 5.79. The van der Waals surface area contributed by atoms with Crippen LogP contribution in [0.4, 0.5) is 0 Å². The Morgan fingerprint density at radius 2 is 1.81 bits per heavy atom. The van der Waals surface area contributed by atoms with Crippen molar-refractivity contribution in [3.05, 3.63) is 26.8 Å². The number of methoxy groups -OCH3 is 1. The summed E-state index contributed by atoms with van der Waals surface area (Å²) in [7, 11) is 1.73. The van der Waals surface area contributed by atoms with Crippen molar-refractivity contribution in [3.8, 4) is 5.75 Å². The van der Waals surface area contributed by atoms with Crippen LogP contribution in [0.25, 0.3) is 0 Å². The standard InChI is InChI=1S/C13H19IO2/c1-10-8-11(2)13(12(14)9-10)16-7-5-4-6-15-3/h8-9H,4-7H2,1-3H3. The molecule has 1 aromatic carbocycles. The molecular formula is C13H19IO2. The normalized spacial score (nSPS) is 10.5. The third kappa shape index (κ3) is 4.29. The molecule has 0 saturated heterocycles. The topological polar surface area (TPSA) is 18.5 Å². The highest BCUT2D eigenvalue weighted by molar-refractivity contribution is 14.1. The van der Waals surface area contributed by atoms with Crippen LogP contribution in [-0.2, 0) is 4.74 Å². The molecule has 0 heterocycles. The van der Waals surface area contributed by atoms with Gasteiger partial charge in [0.2, 0.25) is 0 Å². The summed E-state index contributed by atoms with van der Waals surface area (Å²) >= 11 is 2.33. The maximum Gasteiger partial charge on any atom is 0.135 e. The lowest BCUT2D eigenvalue weighted by molar-refractivity contribution is 0.184. The Morgan fingerprint density at radius 1 is 1.12 bits per heavy atom. The molecule has 0 aliphatic heterocycles. The van der Waals surface area contributed by atoms with Crippen molar-refractivity contribution >= 4 is 22.6 Å². The Labute approximate surface area is 111 Å². The first-order chi connectivity index (χ1) is 7.65. The molecule has 0 unspecified atom stereocenters. The molecule has 90 valence electrons. The molecule has 0 saturated carbocycles. The molecule has 0 fully saturated rings. The average Bonchev–Trinajstić information content (AvgIpc) is 2.20. The average molecular weight is 334 g/mol. The van der Waals surface area contributed by atoms with Crippen LogP contribution in [0.15, 0.2) is 12.1 Å². The molecule has 3 heteroatoms. The number of aryl methyl sites for hydroxylation is 2. The Morgan fingerprint density at radius 3 is 2.44 bits per heavy atom. The van der Waals surface area contributed by atoms with E-state index in [1.165, 1.54) is 14.7 Å². The van der Waals surface area contributed by atoms with Crippen LogP contribution in [0.5, 0.6) is 5.75 Å². The number of halogens is 1. The fourth-order valence-electron chi connectivity index (χ4n) is 1.61. The molecule has 0 radical (unpaired) electrons. The summed E-state index contributed by atoms with van der Waals surface area (Å²) in [6, 6.07) is 4.31. The molecule has 0 bridgehead atoms. The number of hydrogen-bond acceptors (Lipinski definition) is 2. The van der Waals surface area contributed by atoms with Gasteiger partial charge in [-0.3, -0.25) is 0 Å². The number of hydrogen-bond donors (Lipinski definition) is 0. The zero-order chi connectivity index (χ0) is 12.0. The predicted molar refractivity (Wildman–Crippen MR) is 75.2 cm³/mol. The molecule has 0 spiro atoms. The second-order valence-electron chi connectivity index (χ2n) is 3.94. The third-order valence-corrected chi connectivity index (χ3v) is 3.16. The zero-order valence-electron chi connectivity index (χ0n) is 10.2. The van der Waals surface area contributed by atoms with E-state index in [1.807, 2.05) is 0 Å². The third-order valence-electron chi connectivity index (χ3n) is 2.36. The second kappa shape index (κ2) is 7.12. The summed E-state index contributed by atoms with van der Waals surface area (Å²) in [6.07, 6.45) is 2.09. The van der Waals surface area contributed by atoms with Crippen molar-refractivity contribution in [2.45, 2.75) is 26.7 Å². The largest absolute Gasteiger partial charge is 0.492 e. The molecule has 1 rings (SSSR count). The smallest absolute Gasteiger partial charge is 0.135 e. The molecule has 0 amide bonds. The van der Waals surface area contributed by atoms with Gasteiger partial charge in [-0.25, -0.2) is 0 Å². The van der Waals surface area contributed by atoms with Gasteiger partial charge in [-0.1, -0.05) is 6.07 Å². The minimum atomic E-state index is 0.767. The van der Waals surface area contributed by atoms with Crippen molar-refractivity contribution in [2.75, 3.05) is 20.3 Å².